The lowest BCUT2D eigenvalue weighted by atomic mass is 9.91. The van der Waals surface area contributed by atoms with Gasteiger partial charge in [0.05, 0.1) is 24.6 Å². The molecule has 0 spiro atoms. The smallest absolute Gasteiger partial charge is 0.329 e. The molecule has 4 aromatic rings. The summed E-state index contributed by atoms with van der Waals surface area (Å²) in [6.45, 7) is 2.43. The Balaban J connectivity index is 1.33. The maximum absolute atomic E-state index is 16.7. The Kier molecular flexibility index (Phi) is 9.48. The summed E-state index contributed by atoms with van der Waals surface area (Å²) in [6, 6.07) is 7.15. The Labute approximate surface area is 275 Å². The molecule has 2 aromatic heterocycles. The van der Waals surface area contributed by atoms with Crippen LogP contribution in [0.4, 0.5) is 13.6 Å². The second kappa shape index (κ2) is 14.1. The van der Waals surface area contributed by atoms with Crippen LogP contribution in [0.25, 0.3) is 21.9 Å². The second-order valence-corrected chi connectivity index (χ2v) is 11.8. The molecule has 2 amide bonds. The summed E-state index contributed by atoms with van der Waals surface area (Å²) in [5.41, 5.74) is -0.0438. The molecule has 0 saturated heterocycles. The molecule has 1 saturated carbocycles. The van der Waals surface area contributed by atoms with E-state index in [0.29, 0.717) is 24.8 Å². The highest BCUT2D eigenvalue weighted by Gasteiger charge is 2.33. The lowest BCUT2D eigenvalue weighted by Crippen LogP contribution is -2.41. The maximum Gasteiger partial charge on any atom is 0.329 e. The monoisotopic (exact) mass is 653 g/mol. The van der Waals surface area contributed by atoms with Crippen molar-refractivity contribution < 1.29 is 27.8 Å². The van der Waals surface area contributed by atoms with E-state index in [1.165, 1.54) is 31.8 Å². The number of aromatic nitrogens is 4. The Morgan fingerprint density at radius 2 is 2.04 bits per heavy atom. The van der Waals surface area contributed by atoms with Gasteiger partial charge in [0.25, 0.3) is 5.91 Å². The van der Waals surface area contributed by atoms with Crippen LogP contribution >= 0.6 is 0 Å². The van der Waals surface area contributed by atoms with Gasteiger partial charge in [-0.3, -0.25) is 4.79 Å². The van der Waals surface area contributed by atoms with Crippen molar-refractivity contribution in [2.75, 3.05) is 26.8 Å². The van der Waals surface area contributed by atoms with Gasteiger partial charge in [0.1, 0.15) is 24.8 Å². The maximum atomic E-state index is 16.7. The number of fused-ring (bicyclic) bond motifs is 2. The minimum atomic E-state index is -0.886. The van der Waals surface area contributed by atoms with Crippen LogP contribution in [0.15, 0.2) is 36.8 Å². The molecule has 1 aliphatic carbocycles. The lowest BCUT2D eigenvalue weighted by molar-refractivity contribution is 0.0718. The lowest BCUT2D eigenvalue weighted by Gasteiger charge is -2.27. The van der Waals surface area contributed by atoms with Crippen LogP contribution in [0.1, 0.15) is 67.2 Å². The van der Waals surface area contributed by atoms with Crippen LogP contribution in [0, 0.1) is 40.7 Å². The molecule has 3 heterocycles. The molecule has 2 atom stereocenters. The summed E-state index contributed by atoms with van der Waals surface area (Å²) < 4.78 is 44.9. The van der Waals surface area contributed by atoms with E-state index >= 15 is 8.78 Å². The van der Waals surface area contributed by atoms with Gasteiger partial charge >= 0.3 is 6.03 Å². The van der Waals surface area contributed by atoms with E-state index in [4.69, 9.17) is 9.47 Å². The van der Waals surface area contributed by atoms with E-state index in [-0.39, 0.29) is 70.2 Å². The number of nitrogens with one attached hydrogen (secondary N) is 1. The quantitative estimate of drug-likeness (QED) is 0.222. The summed E-state index contributed by atoms with van der Waals surface area (Å²) in [5, 5.41) is 20.4. The first-order chi connectivity index (χ1) is 23.3. The molecule has 2 aromatic carbocycles. The van der Waals surface area contributed by atoms with Crippen molar-refractivity contribution in [3.05, 3.63) is 65.4 Å². The molecule has 1 N–H and O–H groups in total. The fraction of sp³-hybridized carbons (Fsp3) is 0.371. The van der Waals surface area contributed by atoms with Crippen molar-refractivity contribution in [2.24, 2.45) is 5.92 Å². The minimum Gasteiger partial charge on any atom is -0.488 e. The summed E-state index contributed by atoms with van der Waals surface area (Å²) in [4.78, 5) is 32.8. The van der Waals surface area contributed by atoms with Crippen LogP contribution in [0.5, 0.6) is 11.6 Å². The van der Waals surface area contributed by atoms with Gasteiger partial charge in [-0.1, -0.05) is 37.7 Å². The van der Waals surface area contributed by atoms with Crippen LogP contribution < -0.4 is 14.8 Å². The van der Waals surface area contributed by atoms with Gasteiger partial charge in [-0.05, 0) is 48.8 Å². The number of nitrogens with zero attached hydrogens (tertiary/aromatic N) is 6. The predicted molar refractivity (Wildman–Crippen MR) is 171 cm³/mol. The van der Waals surface area contributed by atoms with E-state index in [1.807, 2.05) is 13.0 Å². The molecular formula is C35H33F2N7O4. The number of carbonyl (C=O) groups is 2. The van der Waals surface area contributed by atoms with E-state index in [1.54, 1.807) is 17.0 Å². The largest absolute Gasteiger partial charge is 0.488 e. The summed E-state index contributed by atoms with van der Waals surface area (Å²) in [7, 11) is 1.41. The number of rotatable bonds is 5. The topological polar surface area (TPSA) is 135 Å². The molecule has 0 radical (unpaired) electrons. The Hall–Kier alpha value is -5.56. The normalized spacial score (nSPS) is 17.6. The SMILES string of the molecule is CCC#Cc1cc2c(c(F)c1-c1c(F)ccc3ccnc(OC)c13)OCCN(CC1CCCCC(NC(=O)n3cnnc3C#N)C1)C2=O. The third kappa shape index (κ3) is 6.24. The van der Waals surface area contributed by atoms with E-state index < -0.39 is 23.6 Å². The zero-order valence-corrected chi connectivity index (χ0v) is 26.6. The zero-order chi connectivity index (χ0) is 33.8. The van der Waals surface area contributed by atoms with Crippen LogP contribution in [-0.2, 0) is 0 Å². The molecule has 6 rings (SSSR count). The molecule has 48 heavy (non-hydrogen) atoms. The highest BCUT2D eigenvalue weighted by Crippen LogP contribution is 2.43. The molecular weight excluding hydrogens is 620 g/mol. The molecule has 11 nitrogen and oxygen atoms in total. The van der Waals surface area contributed by atoms with Crippen molar-refractivity contribution in [1.82, 2.24) is 30.0 Å². The van der Waals surface area contributed by atoms with Crippen molar-refractivity contribution in [3.8, 4) is 40.7 Å². The summed E-state index contributed by atoms with van der Waals surface area (Å²) in [6.07, 6.45) is 7.13. The molecule has 0 bridgehead atoms. The number of carbonyl (C=O) groups excluding carboxylic acids is 2. The summed E-state index contributed by atoms with van der Waals surface area (Å²) >= 11 is 0. The number of benzene rings is 2. The molecule has 2 aliphatic rings. The van der Waals surface area contributed by atoms with Crippen molar-refractivity contribution >= 4 is 22.7 Å². The average molecular weight is 654 g/mol. The first kappa shape index (κ1) is 32.4. The third-order valence-corrected chi connectivity index (χ3v) is 8.74. The zero-order valence-electron chi connectivity index (χ0n) is 26.6. The van der Waals surface area contributed by atoms with Gasteiger partial charge in [-0.15, -0.1) is 10.2 Å². The second-order valence-electron chi connectivity index (χ2n) is 11.8. The average Bonchev–Trinajstić information content (AvgIpc) is 3.40. The van der Waals surface area contributed by atoms with Crippen LogP contribution in [0.2, 0.25) is 0 Å². The number of ether oxygens (including phenoxy) is 2. The van der Waals surface area contributed by atoms with Crippen molar-refractivity contribution in [1.29, 1.82) is 5.26 Å². The first-order valence-corrected chi connectivity index (χ1v) is 15.8. The molecule has 246 valence electrons. The third-order valence-electron chi connectivity index (χ3n) is 8.74. The Morgan fingerprint density at radius 3 is 2.83 bits per heavy atom. The van der Waals surface area contributed by atoms with E-state index in [2.05, 4.69) is 32.3 Å². The summed E-state index contributed by atoms with van der Waals surface area (Å²) in [5.74, 6) is 3.69. The number of amides is 2. The van der Waals surface area contributed by atoms with Gasteiger partial charge in [0, 0.05) is 41.9 Å². The van der Waals surface area contributed by atoms with Gasteiger partial charge in [-0.25, -0.2) is 23.1 Å². The molecule has 13 heteroatoms. The standard InChI is InChI=1S/C35H33F2N7O4/c1-3-4-8-23-17-25-32(31(37)28(23)30-26(36)11-10-22-12-13-39-33(47-2)29(22)30)48-15-14-43(34(25)45)19-21-7-5-6-9-24(16-21)41-35(46)44-20-40-42-27(44)18-38/h10-13,17,20-21,24H,3,5-7,9,14-16,19H2,1-2H3,(H,41,46). The van der Waals surface area contributed by atoms with E-state index in [9.17, 15) is 14.9 Å². The fourth-order valence-corrected chi connectivity index (χ4v) is 6.55. The Morgan fingerprint density at radius 1 is 1.21 bits per heavy atom. The Bertz CT molecular complexity index is 1990. The minimum absolute atomic E-state index is 0.00926. The number of nitriles is 1. The van der Waals surface area contributed by atoms with Crippen molar-refractivity contribution in [2.45, 2.75) is 51.5 Å². The number of methoxy groups -OCH3 is 1. The highest BCUT2D eigenvalue weighted by atomic mass is 19.1. The van der Waals surface area contributed by atoms with E-state index in [0.717, 1.165) is 30.3 Å². The van der Waals surface area contributed by atoms with Gasteiger partial charge in [-0.2, -0.15) is 5.26 Å². The highest BCUT2D eigenvalue weighted by molar-refractivity contribution is 6.04. The number of hydrogen-bond donors (Lipinski definition) is 1. The molecule has 2 unspecified atom stereocenters. The van der Waals surface area contributed by atoms with Gasteiger partial charge in [0.2, 0.25) is 11.7 Å². The van der Waals surface area contributed by atoms with Crippen molar-refractivity contribution in [3.63, 3.8) is 0 Å². The van der Waals surface area contributed by atoms with Crippen LogP contribution in [-0.4, -0.2) is 69.4 Å². The van der Waals surface area contributed by atoms with Gasteiger partial charge < -0.3 is 19.7 Å². The molecule has 1 fully saturated rings. The first-order valence-electron chi connectivity index (χ1n) is 15.8. The molecule has 1 aliphatic heterocycles. The number of halogens is 2. The predicted octanol–water partition coefficient (Wildman–Crippen LogP) is 5.45. The number of pyridine rings is 1. The van der Waals surface area contributed by atoms with Gasteiger partial charge in [0.15, 0.2) is 11.6 Å². The fourth-order valence-electron chi connectivity index (χ4n) is 6.55. The van der Waals surface area contributed by atoms with Crippen LogP contribution in [0.3, 0.4) is 0 Å². The number of hydrogen-bond acceptors (Lipinski definition) is 8.